The SMILES string of the molecule is O=C(O)N1CC[C@H](c2cc(=O)[nH]o2)C[C@@H]1c1ccc(Cl)cc1. The highest BCUT2D eigenvalue weighted by atomic mass is 35.5. The van der Waals surface area contributed by atoms with Gasteiger partial charge in [0.2, 0.25) is 0 Å². The number of likely N-dealkylation sites (tertiary alicyclic amines) is 1. The van der Waals surface area contributed by atoms with E-state index in [2.05, 4.69) is 5.16 Å². The summed E-state index contributed by atoms with van der Waals surface area (Å²) in [5.74, 6) is 0.587. The average Bonchev–Trinajstić information content (AvgIpc) is 2.94. The highest BCUT2D eigenvalue weighted by molar-refractivity contribution is 6.30. The second-order valence-corrected chi connectivity index (χ2v) is 5.82. The van der Waals surface area contributed by atoms with E-state index < -0.39 is 6.09 Å². The summed E-state index contributed by atoms with van der Waals surface area (Å²) >= 11 is 5.89. The van der Waals surface area contributed by atoms with Crippen LogP contribution in [0.1, 0.15) is 36.1 Å². The lowest BCUT2D eigenvalue weighted by Gasteiger charge is -2.37. The van der Waals surface area contributed by atoms with Gasteiger partial charge in [-0.25, -0.2) is 4.79 Å². The number of aromatic nitrogens is 1. The van der Waals surface area contributed by atoms with Gasteiger partial charge in [-0.2, -0.15) is 5.16 Å². The molecule has 22 heavy (non-hydrogen) atoms. The minimum Gasteiger partial charge on any atom is -0.465 e. The Kier molecular flexibility index (Phi) is 3.94. The largest absolute Gasteiger partial charge is 0.465 e. The van der Waals surface area contributed by atoms with Gasteiger partial charge < -0.3 is 14.5 Å². The zero-order valence-corrected chi connectivity index (χ0v) is 12.4. The number of hydrogen-bond acceptors (Lipinski definition) is 3. The number of nitrogens with one attached hydrogen (secondary N) is 1. The zero-order valence-electron chi connectivity index (χ0n) is 11.7. The Labute approximate surface area is 131 Å². The van der Waals surface area contributed by atoms with E-state index in [1.165, 1.54) is 11.0 Å². The van der Waals surface area contributed by atoms with Gasteiger partial charge in [0, 0.05) is 23.6 Å². The van der Waals surface area contributed by atoms with Crippen molar-refractivity contribution in [3.63, 3.8) is 0 Å². The summed E-state index contributed by atoms with van der Waals surface area (Å²) in [6.45, 7) is 0.391. The summed E-state index contributed by atoms with van der Waals surface area (Å²) < 4.78 is 5.18. The normalized spacial score (nSPS) is 21.8. The van der Waals surface area contributed by atoms with Crippen molar-refractivity contribution in [1.29, 1.82) is 0 Å². The van der Waals surface area contributed by atoms with Crippen molar-refractivity contribution in [2.24, 2.45) is 0 Å². The molecule has 6 nitrogen and oxygen atoms in total. The Morgan fingerprint density at radius 2 is 2.09 bits per heavy atom. The van der Waals surface area contributed by atoms with Crippen LogP contribution in [0, 0.1) is 0 Å². The van der Waals surface area contributed by atoms with Crippen LogP contribution in [-0.4, -0.2) is 27.8 Å². The molecule has 1 aromatic carbocycles. The van der Waals surface area contributed by atoms with E-state index in [1.54, 1.807) is 12.1 Å². The molecule has 2 atom stereocenters. The number of aromatic amines is 1. The molecule has 1 amide bonds. The maximum absolute atomic E-state index is 11.5. The zero-order chi connectivity index (χ0) is 15.7. The van der Waals surface area contributed by atoms with Gasteiger partial charge in [-0.3, -0.25) is 4.79 Å². The highest BCUT2D eigenvalue weighted by Crippen LogP contribution is 2.39. The molecular formula is C15H15ClN2O4. The van der Waals surface area contributed by atoms with Crippen LogP contribution in [-0.2, 0) is 0 Å². The third-order valence-corrected chi connectivity index (χ3v) is 4.30. The molecule has 7 heteroatoms. The lowest BCUT2D eigenvalue weighted by Crippen LogP contribution is -2.39. The van der Waals surface area contributed by atoms with Gasteiger partial charge in [0.05, 0.1) is 6.04 Å². The molecule has 0 aliphatic carbocycles. The first-order valence-corrected chi connectivity index (χ1v) is 7.36. The minimum absolute atomic E-state index is 0.00947. The number of piperidine rings is 1. The number of carboxylic acid groups (broad SMARTS) is 1. The van der Waals surface area contributed by atoms with Crippen molar-refractivity contribution in [2.45, 2.75) is 24.8 Å². The van der Waals surface area contributed by atoms with Crippen LogP contribution in [0.4, 0.5) is 4.79 Å². The quantitative estimate of drug-likeness (QED) is 0.888. The summed E-state index contributed by atoms with van der Waals surface area (Å²) in [5, 5.41) is 12.3. The molecule has 1 aliphatic rings. The van der Waals surface area contributed by atoms with Gasteiger partial charge in [-0.05, 0) is 30.5 Å². The van der Waals surface area contributed by atoms with E-state index in [0.717, 1.165) is 5.56 Å². The van der Waals surface area contributed by atoms with E-state index in [1.807, 2.05) is 12.1 Å². The predicted molar refractivity (Wildman–Crippen MR) is 80.2 cm³/mol. The molecule has 0 radical (unpaired) electrons. The Balaban J connectivity index is 1.89. The Hall–Kier alpha value is -2.21. The summed E-state index contributed by atoms with van der Waals surface area (Å²) in [4.78, 5) is 24.1. The number of H-pyrrole nitrogens is 1. The monoisotopic (exact) mass is 322 g/mol. The van der Waals surface area contributed by atoms with Crippen LogP contribution in [0.2, 0.25) is 5.02 Å². The van der Waals surface area contributed by atoms with Gasteiger partial charge in [0.25, 0.3) is 5.56 Å². The van der Waals surface area contributed by atoms with Crippen molar-refractivity contribution >= 4 is 17.7 Å². The predicted octanol–water partition coefficient (Wildman–Crippen LogP) is 3.22. The van der Waals surface area contributed by atoms with Crippen molar-refractivity contribution in [3.05, 3.63) is 57.0 Å². The molecule has 2 aromatic rings. The Bertz CT molecular complexity index is 722. The third kappa shape index (κ3) is 2.87. The fourth-order valence-corrected chi connectivity index (χ4v) is 3.08. The molecule has 1 aliphatic heterocycles. The molecule has 3 rings (SSSR count). The average molecular weight is 323 g/mol. The molecule has 1 saturated heterocycles. The number of nitrogens with zero attached hydrogens (tertiary/aromatic N) is 1. The minimum atomic E-state index is -0.950. The number of rotatable bonds is 2. The topological polar surface area (TPSA) is 86.5 Å². The summed E-state index contributed by atoms with van der Waals surface area (Å²) in [6, 6.07) is 8.30. The number of hydrogen-bond donors (Lipinski definition) is 2. The molecule has 116 valence electrons. The second kappa shape index (κ2) is 5.88. The van der Waals surface area contributed by atoms with Crippen LogP contribution in [0.5, 0.6) is 0 Å². The van der Waals surface area contributed by atoms with Crippen molar-refractivity contribution in [2.75, 3.05) is 6.54 Å². The molecule has 2 N–H and O–H groups in total. The van der Waals surface area contributed by atoms with Gasteiger partial charge in [0.1, 0.15) is 5.76 Å². The molecule has 1 aromatic heterocycles. The van der Waals surface area contributed by atoms with Crippen molar-refractivity contribution < 1.29 is 14.4 Å². The molecular weight excluding hydrogens is 308 g/mol. The summed E-state index contributed by atoms with van der Waals surface area (Å²) in [6.07, 6.45) is 0.236. The lowest BCUT2D eigenvalue weighted by molar-refractivity contribution is 0.0968. The Morgan fingerprint density at radius 3 is 2.68 bits per heavy atom. The first-order valence-electron chi connectivity index (χ1n) is 6.98. The van der Waals surface area contributed by atoms with Gasteiger partial charge in [-0.1, -0.05) is 23.7 Å². The molecule has 1 fully saturated rings. The molecule has 0 spiro atoms. The number of amides is 1. The maximum atomic E-state index is 11.5. The highest BCUT2D eigenvalue weighted by Gasteiger charge is 2.34. The van der Waals surface area contributed by atoms with Crippen molar-refractivity contribution in [1.82, 2.24) is 10.1 Å². The van der Waals surface area contributed by atoms with Crippen LogP contribution in [0.15, 0.2) is 39.6 Å². The number of carbonyl (C=O) groups is 1. The van der Waals surface area contributed by atoms with E-state index in [0.29, 0.717) is 30.2 Å². The Morgan fingerprint density at radius 1 is 1.36 bits per heavy atom. The second-order valence-electron chi connectivity index (χ2n) is 5.38. The standard InChI is InChI=1S/C15H15ClN2O4/c16-11-3-1-9(2-4-11)12-7-10(5-6-18(12)15(20)21)13-8-14(19)17-22-13/h1-4,8,10,12H,5-7H2,(H,17,19)(H,20,21)/t10-,12+/m0/s1. The van der Waals surface area contributed by atoms with E-state index >= 15 is 0 Å². The number of benzene rings is 1. The molecule has 0 saturated carbocycles. The van der Waals surface area contributed by atoms with Gasteiger partial charge in [-0.15, -0.1) is 0 Å². The first kappa shape index (κ1) is 14.7. The van der Waals surface area contributed by atoms with E-state index in [-0.39, 0.29) is 17.5 Å². The number of halogens is 1. The fraction of sp³-hybridized carbons (Fsp3) is 0.333. The van der Waals surface area contributed by atoms with Crippen LogP contribution in [0.25, 0.3) is 0 Å². The van der Waals surface area contributed by atoms with Crippen LogP contribution < -0.4 is 5.56 Å². The van der Waals surface area contributed by atoms with Crippen LogP contribution in [0.3, 0.4) is 0 Å². The van der Waals surface area contributed by atoms with E-state index in [9.17, 15) is 14.7 Å². The molecule has 0 bridgehead atoms. The van der Waals surface area contributed by atoms with Gasteiger partial charge >= 0.3 is 6.09 Å². The van der Waals surface area contributed by atoms with Crippen molar-refractivity contribution in [3.8, 4) is 0 Å². The third-order valence-electron chi connectivity index (χ3n) is 4.05. The molecule has 2 heterocycles. The molecule has 0 unspecified atom stereocenters. The van der Waals surface area contributed by atoms with E-state index in [4.69, 9.17) is 16.1 Å². The lowest BCUT2D eigenvalue weighted by atomic mass is 9.86. The summed E-state index contributed by atoms with van der Waals surface area (Å²) in [5.41, 5.74) is 0.605. The first-order chi connectivity index (χ1) is 10.5. The maximum Gasteiger partial charge on any atom is 0.407 e. The van der Waals surface area contributed by atoms with Gasteiger partial charge in [0.15, 0.2) is 0 Å². The summed E-state index contributed by atoms with van der Waals surface area (Å²) in [7, 11) is 0. The smallest absolute Gasteiger partial charge is 0.407 e. The van der Waals surface area contributed by atoms with Crippen LogP contribution >= 0.6 is 11.6 Å². The fourth-order valence-electron chi connectivity index (χ4n) is 2.95.